The Kier molecular flexibility index (Phi) is 2.94. The zero-order valence-corrected chi connectivity index (χ0v) is 8.57. The normalized spacial score (nSPS) is 38.8. The lowest BCUT2D eigenvalue weighted by atomic mass is 10.1. The van der Waals surface area contributed by atoms with Crippen LogP contribution >= 0.6 is 11.8 Å². The van der Waals surface area contributed by atoms with Crippen LogP contribution in [0.4, 0.5) is 0 Å². The maximum Gasteiger partial charge on any atom is 0.0202 e. The highest BCUT2D eigenvalue weighted by molar-refractivity contribution is 7.99. The molecule has 0 aliphatic carbocycles. The molecule has 0 bridgehead atoms. The van der Waals surface area contributed by atoms with Crippen molar-refractivity contribution in [1.29, 1.82) is 0 Å². The number of nitrogens with zero attached hydrogens (tertiary/aromatic N) is 1. The first kappa shape index (κ1) is 8.85. The van der Waals surface area contributed by atoms with Crippen molar-refractivity contribution in [2.75, 3.05) is 31.1 Å². The molecule has 0 aromatic carbocycles. The fourth-order valence-corrected chi connectivity index (χ4v) is 3.33. The third-order valence-corrected chi connectivity index (χ3v) is 4.03. The summed E-state index contributed by atoms with van der Waals surface area (Å²) in [6.07, 6.45) is 1.34. The van der Waals surface area contributed by atoms with Crippen molar-refractivity contribution in [2.24, 2.45) is 0 Å². The van der Waals surface area contributed by atoms with Gasteiger partial charge in [-0.3, -0.25) is 4.90 Å². The van der Waals surface area contributed by atoms with Gasteiger partial charge in [0.1, 0.15) is 0 Å². The molecule has 2 unspecified atom stereocenters. The Bertz CT molecular complexity index is 151. The second kappa shape index (κ2) is 3.99. The second-order valence-corrected chi connectivity index (χ2v) is 4.96. The Labute approximate surface area is 79.1 Å². The summed E-state index contributed by atoms with van der Waals surface area (Å²) in [7, 11) is 0. The van der Waals surface area contributed by atoms with Gasteiger partial charge in [0.05, 0.1) is 0 Å². The number of hydrogen-bond donors (Lipinski definition) is 1. The van der Waals surface area contributed by atoms with Gasteiger partial charge < -0.3 is 5.32 Å². The lowest BCUT2D eigenvalue weighted by Gasteiger charge is -2.37. The van der Waals surface area contributed by atoms with Crippen molar-refractivity contribution in [3.05, 3.63) is 0 Å². The SMILES string of the molecule is CC1CNCCC2CSCCN12. The van der Waals surface area contributed by atoms with Crippen molar-refractivity contribution < 1.29 is 0 Å². The predicted octanol–water partition coefficient (Wildman–Crippen LogP) is 0.786. The van der Waals surface area contributed by atoms with Gasteiger partial charge in [0.25, 0.3) is 0 Å². The monoisotopic (exact) mass is 186 g/mol. The Morgan fingerprint density at radius 2 is 2.42 bits per heavy atom. The first-order valence-electron chi connectivity index (χ1n) is 4.92. The molecule has 2 fully saturated rings. The van der Waals surface area contributed by atoms with E-state index in [1.807, 2.05) is 0 Å². The van der Waals surface area contributed by atoms with Gasteiger partial charge in [0.15, 0.2) is 0 Å². The molecule has 0 radical (unpaired) electrons. The summed E-state index contributed by atoms with van der Waals surface area (Å²) in [4.78, 5) is 2.69. The van der Waals surface area contributed by atoms with Crippen molar-refractivity contribution in [1.82, 2.24) is 10.2 Å². The van der Waals surface area contributed by atoms with E-state index in [4.69, 9.17) is 0 Å². The molecular weight excluding hydrogens is 168 g/mol. The van der Waals surface area contributed by atoms with Crippen molar-refractivity contribution >= 4 is 11.8 Å². The Hall–Kier alpha value is 0.270. The molecule has 2 heterocycles. The fraction of sp³-hybridized carbons (Fsp3) is 1.00. The first-order chi connectivity index (χ1) is 5.88. The van der Waals surface area contributed by atoms with Crippen LogP contribution in [-0.2, 0) is 0 Å². The van der Waals surface area contributed by atoms with Crippen LogP contribution in [0.2, 0.25) is 0 Å². The van der Waals surface area contributed by atoms with E-state index in [1.54, 1.807) is 0 Å². The summed E-state index contributed by atoms with van der Waals surface area (Å²) in [6, 6.07) is 1.60. The highest BCUT2D eigenvalue weighted by Crippen LogP contribution is 2.21. The number of thioether (sulfide) groups is 1. The summed E-state index contributed by atoms with van der Waals surface area (Å²) < 4.78 is 0. The quantitative estimate of drug-likeness (QED) is 0.602. The highest BCUT2D eigenvalue weighted by atomic mass is 32.2. The molecule has 0 spiro atoms. The van der Waals surface area contributed by atoms with Gasteiger partial charge in [0.2, 0.25) is 0 Å². The molecular formula is C9H18N2S. The molecule has 2 atom stereocenters. The maximum absolute atomic E-state index is 3.50. The van der Waals surface area contributed by atoms with E-state index in [2.05, 4.69) is 28.9 Å². The second-order valence-electron chi connectivity index (χ2n) is 3.81. The average molecular weight is 186 g/mol. The van der Waals surface area contributed by atoms with Crippen LogP contribution in [0, 0.1) is 0 Å². The van der Waals surface area contributed by atoms with Gasteiger partial charge in [0, 0.05) is 36.7 Å². The van der Waals surface area contributed by atoms with Gasteiger partial charge in [-0.1, -0.05) is 0 Å². The van der Waals surface area contributed by atoms with Crippen LogP contribution in [0.5, 0.6) is 0 Å². The molecule has 1 N–H and O–H groups in total. The molecule has 12 heavy (non-hydrogen) atoms. The third kappa shape index (κ3) is 1.78. The number of hydrogen-bond acceptors (Lipinski definition) is 3. The van der Waals surface area contributed by atoms with Gasteiger partial charge >= 0.3 is 0 Å². The minimum Gasteiger partial charge on any atom is -0.315 e. The molecule has 2 aliphatic heterocycles. The van der Waals surface area contributed by atoms with E-state index in [0.717, 1.165) is 12.1 Å². The van der Waals surface area contributed by atoms with Crippen LogP contribution < -0.4 is 5.32 Å². The Morgan fingerprint density at radius 3 is 3.33 bits per heavy atom. The maximum atomic E-state index is 3.50. The summed E-state index contributed by atoms with van der Waals surface area (Å²) in [6.45, 7) is 6.05. The standard InChI is InChI=1S/C9H18N2S/c1-8-6-10-3-2-9-7-12-5-4-11(8)9/h8-10H,2-7H2,1H3. The van der Waals surface area contributed by atoms with Crippen molar-refractivity contribution in [3.63, 3.8) is 0 Å². The lowest BCUT2D eigenvalue weighted by molar-refractivity contribution is 0.172. The van der Waals surface area contributed by atoms with Crippen LogP contribution in [0.3, 0.4) is 0 Å². The average Bonchev–Trinajstić information content (AvgIpc) is 2.29. The molecule has 0 amide bonds. The van der Waals surface area contributed by atoms with E-state index >= 15 is 0 Å². The largest absolute Gasteiger partial charge is 0.315 e. The first-order valence-corrected chi connectivity index (χ1v) is 6.07. The van der Waals surface area contributed by atoms with E-state index in [-0.39, 0.29) is 0 Å². The number of fused-ring (bicyclic) bond motifs is 1. The minimum atomic E-state index is 0.749. The van der Waals surface area contributed by atoms with Gasteiger partial charge in [-0.15, -0.1) is 0 Å². The van der Waals surface area contributed by atoms with Crippen molar-refractivity contribution in [3.8, 4) is 0 Å². The van der Waals surface area contributed by atoms with Crippen molar-refractivity contribution in [2.45, 2.75) is 25.4 Å². The van der Waals surface area contributed by atoms with Crippen LogP contribution in [0.25, 0.3) is 0 Å². The molecule has 2 nitrogen and oxygen atoms in total. The van der Waals surface area contributed by atoms with Gasteiger partial charge in [-0.25, -0.2) is 0 Å². The predicted molar refractivity (Wildman–Crippen MR) is 54.8 cm³/mol. The van der Waals surface area contributed by atoms with Crippen LogP contribution in [0.1, 0.15) is 13.3 Å². The molecule has 0 aromatic heterocycles. The summed E-state index contributed by atoms with van der Waals surface area (Å²) in [5.41, 5.74) is 0. The van der Waals surface area contributed by atoms with E-state index in [9.17, 15) is 0 Å². The third-order valence-electron chi connectivity index (χ3n) is 2.93. The Balaban J connectivity index is 2.01. The zero-order chi connectivity index (χ0) is 8.39. The van der Waals surface area contributed by atoms with E-state index in [1.165, 1.54) is 37.6 Å². The Morgan fingerprint density at radius 1 is 1.50 bits per heavy atom. The molecule has 0 aromatic rings. The van der Waals surface area contributed by atoms with Crippen LogP contribution in [-0.4, -0.2) is 48.1 Å². The summed E-state index contributed by atoms with van der Waals surface area (Å²) in [5, 5.41) is 3.50. The molecule has 2 saturated heterocycles. The number of nitrogens with one attached hydrogen (secondary N) is 1. The molecule has 2 aliphatic rings. The molecule has 70 valence electrons. The molecule has 0 saturated carbocycles. The lowest BCUT2D eigenvalue weighted by Crippen LogP contribution is -2.47. The minimum absolute atomic E-state index is 0.749. The fourth-order valence-electron chi connectivity index (χ4n) is 2.19. The van der Waals surface area contributed by atoms with Gasteiger partial charge in [-0.05, 0) is 19.9 Å². The topological polar surface area (TPSA) is 15.3 Å². The van der Waals surface area contributed by atoms with E-state index in [0.29, 0.717) is 0 Å². The van der Waals surface area contributed by atoms with E-state index < -0.39 is 0 Å². The number of rotatable bonds is 0. The molecule has 2 rings (SSSR count). The summed E-state index contributed by atoms with van der Waals surface area (Å²) in [5.74, 6) is 2.69. The van der Waals surface area contributed by atoms with Crippen LogP contribution in [0.15, 0.2) is 0 Å². The smallest absolute Gasteiger partial charge is 0.0202 e. The zero-order valence-electron chi connectivity index (χ0n) is 7.75. The molecule has 3 heteroatoms. The highest BCUT2D eigenvalue weighted by Gasteiger charge is 2.27. The van der Waals surface area contributed by atoms with Gasteiger partial charge in [-0.2, -0.15) is 11.8 Å². The summed E-state index contributed by atoms with van der Waals surface area (Å²) >= 11 is 2.12.